The average molecular weight is 473 g/mol. The number of hydrogen-bond acceptors (Lipinski definition) is 6. The summed E-state index contributed by atoms with van der Waals surface area (Å²) < 4.78 is 33.8. The molecule has 1 N–H and O–H groups in total. The summed E-state index contributed by atoms with van der Waals surface area (Å²) in [5, 5.41) is 3.09. The Hall–Kier alpha value is -2.65. The summed E-state index contributed by atoms with van der Waals surface area (Å²) in [5.74, 6) is 0.846. The van der Waals surface area contributed by atoms with Crippen LogP contribution in [0.1, 0.15) is 48.9 Å². The maximum Gasteiger partial charge on any atom is 0.251 e. The fourth-order valence-electron chi connectivity index (χ4n) is 4.55. The Morgan fingerprint density at radius 1 is 1.03 bits per heavy atom. The van der Waals surface area contributed by atoms with E-state index >= 15 is 0 Å². The van der Waals surface area contributed by atoms with Crippen molar-refractivity contribution in [2.75, 3.05) is 38.2 Å². The minimum absolute atomic E-state index is 0.0322. The summed E-state index contributed by atoms with van der Waals surface area (Å²) >= 11 is 0. The van der Waals surface area contributed by atoms with Crippen LogP contribution in [0.15, 0.2) is 47.5 Å². The van der Waals surface area contributed by atoms with Gasteiger partial charge in [0.25, 0.3) is 5.91 Å². The monoisotopic (exact) mass is 472 g/mol. The van der Waals surface area contributed by atoms with Crippen molar-refractivity contribution in [2.45, 2.75) is 49.5 Å². The van der Waals surface area contributed by atoms with E-state index in [1.807, 2.05) is 18.2 Å². The molecule has 0 unspecified atom stereocenters. The first-order valence-electron chi connectivity index (χ1n) is 11.6. The molecule has 8 nitrogen and oxygen atoms in total. The molecule has 4 rings (SSSR count). The molecule has 2 aliphatic rings. The number of carbonyl (C=O) groups is 1. The molecule has 1 aromatic carbocycles. The number of amides is 1. The van der Waals surface area contributed by atoms with Gasteiger partial charge in [-0.3, -0.25) is 4.79 Å². The molecule has 0 bridgehead atoms. The second-order valence-corrected chi connectivity index (χ2v) is 10.5. The molecule has 1 aliphatic carbocycles. The molecule has 1 saturated heterocycles. The Labute approximate surface area is 196 Å². The van der Waals surface area contributed by atoms with E-state index in [-0.39, 0.29) is 22.6 Å². The van der Waals surface area contributed by atoms with Gasteiger partial charge in [0.1, 0.15) is 16.5 Å². The van der Waals surface area contributed by atoms with E-state index in [4.69, 9.17) is 4.74 Å². The van der Waals surface area contributed by atoms with Gasteiger partial charge in [0.05, 0.1) is 7.11 Å². The SMILES string of the molecule is COc1ccc(C(=O)NC2CCCCCC2)cc1S(=O)(=O)N1CCN(c2ccccn2)CC1. The number of aromatic nitrogens is 1. The first-order chi connectivity index (χ1) is 16.0. The summed E-state index contributed by atoms with van der Waals surface area (Å²) in [4.78, 5) is 19.4. The van der Waals surface area contributed by atoms with Crippen LogP contribution in [0.25, 0.3) is 0 Å². The maximum absolute atomic E-state index is 13.5. The third kappa shape index (κ3) is 5.47. The van der Waals surface area contributed by atoms with Crippen LogP contribution >= 0.6 is 0 Å². The van der Waals surface area contributed by atoms with Crippen molar-refractivity contribution in [1.29, 1.82) is 0 Å². The number of ether oxygens (including phenoxy) is 1. The van der Waals surface area contributed by atoms with Crippen LogP contribution in [-0.2, 0) is 10.0 Å². The summed E-state index contributed by atoms with van der Waals surface area (Å²) in [6, 6.07) is 10.5. The second kappa shape index (κ2) is 10.5. The number of hydrogen-bond donors (Lipinski definition) is 1. The van der Waals surface area contributed by atoms with Gasteiger partial charge in [-0.25, -0.2) is 13.4 Å². The highest BCUT2D eigenvalue weighted by Crippen LogP contribution is 2.29. The number of methoxy groups -OCH3 is 1. The summed E-state index contributed by atoms with van der Waals surface area (Å²) in [6.07, 6.45) is 8.28. The lowest BCUT2D eigenvalue weighted by Gasteiger charge is -2.34. The van der Waals surface area contributed by atoms with E-state index < -0.39 is 10.0 Å². The van der Waals surface area contributed by atoms with E-state index in [0.717, 1.165) is 31.5 Å². The van der Waals surface area contributed by atoms with Crippen molar-refractivity contribution in [3.63, 3.8) is 0 Å². The standard InChI is InChI=1S/C24H32N4O4S/c1-32-21-12-11-19(24(29)26-20-8-4-2-3-5-9-20)18-22(21)33(30,31)28-16-14-27(15-17-28)23-10-6-7-13-25-23/h6-7,10-13,18,20H,2-5,8-9,14-17H2,1H3,(H,26,29). The smallest absolute Gasteiger partial charge is 0.251 e. The van der Waals surface area contributed by atoms with Crippen LogP contribution in [0, 0.1) is 0 Å². The second-order valence-electron chi connectivity index (χ2n) is 8.61. The van der Waals surface area contributed by atoms with Crippen molar-refractivity contribution in [1.82, 2.24) is 14.6 Å². The molecule has 9 heteroatoms. The largest absolute Gasteiger partial charge is 0.495 e. The molecule has 1 saturated carbocycles. The zero-order valence-electron chi connectivity index (χ0n) is 19.1. The molecule has 2 fully saturated rings. The number of nitrogens with zero attached hydrogens (tertiary/aromatic N) is 3. The highest BCUT2D eigenvalue weighted by atomic mass is 32.2. The molecule has 2 heterocycles. The predicted octanol–water partition coefficient (Wildman–Crippen LogP) is 3.05. The topological polar surface area (TPSA) is 91.8 Å². The molecular formula is C24H32N4O4S. The summed E-state index contributed by atoms with van der Waals surface area (Å²) in [6.45, 7) is 1.75. The molecule has 0 spiro atoms. The van der Waals surface area contributed by atoms with Crippen LogP contribution in [0.3, 0.4) is 0 Å². The number of benzene rings is 1. The van der Waals surface area contributed by atoms with E-state index in [1.54, 1.807) is 18.3 Å². The molecule has 33 heavy (non-hydrogen) atoms. The zero-order valence-corrected chi connectivity index (χ0v) is 19.9. The lowest BCUT2D eigenvalue weighted by Crippen LogP contribution is -2.49. The number of rotatable bonds is 6. The highest BCUT2D eigenvalue weighted by Gasteiger charge is 2.32. The van der Waals surface area contributed by atoms with Gasteiger partial charge in [0.2, 0.25) is 10.0 Å². The van der Waals surface area contributed by atoms with Gasteiger partial charge >= 0.3 is 0 Å². The molecule has 1 amide bonds. The Kier molecular flexibility index (Phi) is 7.49. The minimum Gasteiger partial charge on any atom is -0.495 e. The number of nitrogens with one attached hydrogen (secondary N) is 1. The molecule has 1 aliphatic heterocycles. The van der Waals surface area contributed by atoms with Crippen LogP contribution in [0.4, 0.5) is 5.82 Å². The van der Waals surface area contributed by atoms with Crippen molar-refractivity contribution < 1.29 is 17.9 Å². The highest BCUT2D eigenvalue weighted by molar-refractivity contribution is 7.89. The fraction of sp³-hybridized carbons (Fsp3) is 0.500. The van der Waals surface area contributed by atoms with Crippen molar-refractivity contribution >= 4 is 21.7 Å². The Bertz CT molecular complexity index is 1050. The quantitative estimate of drug-likeness (QED) is 0.650. The number of piperazine rings is 1. The molecule has 0 radical (unpaired) electrons. The van der Waals surface area contributed by atoms with Crippen molar-refractivity contribution in [3.8, 4) is 5.75 Å². The molecule has 1 aromatic heterocycles. The van der Waals surface area contributed by atoms with Crippen LogP contribution in [-0.4, -0.2) is 62.9 Å². The number of anilines is 1. The van der Waals surface area contributed by atoms with Gasteiger partial charge in [0.15, 0.2) is 0 Å². The summed E-state index contributed by atoms with van der Waals surface area (Å²) in [7, 11) is -2.38. The Morgan fingerprint density at radius 2 is 1.76 bits per heavy atom. The number of pyridine rings is 1. The molecular weight excluding hydrogens is 440 g/mol. The van der Waals surface area contributed by atoms with Gasteiger partial charge in [-0.2, -0.15) is 4.31 Å². The predicted molar refractivity (Wildman–Crippen MR) is 127 cm³/mol. The zero-order chi connectivity index (χ0) is 23.3. The minimum atomic E-state index is -3.82. The van der Waals surface area contributed by atoms with Crippen LogP contribution in [0.5, 0.6) is 5.75 Å². The molecule has 0 atom stereocenters. The van der Waals surface area contributed by atoms with Gasteiger partial charge in [-0.1, -0.05) is 31.7 Å². The Morgan fingerprint density at radius 3 is 2.39 bits per heavy atom. The van der Waals surface area contributed by atoms with Gasteiger partial charge in [0, 0.05) is 44.0 Å². The molecule has 178 valence electrons. The van der Waals surface area contributed by atoms with E-state index in [9.17, 15) is 13.2 Å². The molecule has 2 aromatic rings. The third-order valence-corrected chi connectivity index (χ3v) is 8.37. The lowest BCUT2D eigenvalue weighted by molar-refractivity contribution is 0.0933. The van der Waals surface area contributed by atoms with Crippen LogP contribution in [0.2, 0.25) is 0 Å². The van der Waals surface area contributed by atoms with Crippen LogP contribution < -0.4 is 15.0 Å². The average Bonchev–Trinajstić information content (AvgIpc) is 3.13. The normalized spacial score (nSPS) is 18.5. The van der Waals surface area contributed by atoms with E-state index in [1.165, 1.54) is 30.3 Å². The van der Waals surface area contributed by atoms with E-state index in [0.29, 0.717) is 31.7 Å². The number of carbonyl (C=O) groups excluding carboxylic acids is 1. The maximum atomic E-state index is 13.5. The summed E-state index contributed by atoms with van der Waals surface area (Å²) in [5.41, 5.74) is 0.339. The first-order valence-corrected chi connectivity index (χ1v) is 13.1. The van der Waals surface area contributed by atoms with Gasteiger partial charge in [-0.05, 0) is 43.2 Å². The van der Waals surface area contributed by atoms with E-state index in [2.05, 4.69) is 15.2 Å². The van der Waals surface area contributed by atoms with Crippen molar-refractivity contribution in [3.05, 3.63) is 48.2 Å². The number of sulfonamides is 1. The Balaban J connectivity index is 1.50. The first kappa shape index (κ1) is 23.5. The van der Waals surface area contributed by atoms with Gasteiger partial charge < -0.3 is 15.0 Å². The van der Waals surface area contributed by atoms with Gasteiger partial charge in [-0.15, -0.1) is 0 Å². The lowest BCUT2D eigenvalue weighted by atomic mass is 10.1. The third-order valence-electron chi connectivity index (χ3n) is 6.45. The fourth-order valence-corrected chi connectivity index (χ4v) is 6.15. The van der Waals surface area contributed by atoms with Crippen molar-refractivity contribution in [2.24, 2.45) is 0 Å².